The Balaban J connectivity index is 0.586. The second kappa shape index (κ2) is 28.8. The van der Waals surface area contributed by atoms with Crippen molar-refractivity contribution in [3.8, 4) is 90.0 Å². The highest BCUT2D eigenvalue weighted by atomic mass is 32.1. The zero-order chi connectivity index (χ0) is 87.9. The number of thiophene rings is 3. The van der Waals surface area contributed by atoms with Crippen molar-refractivity contribution in [3.63, 3.8) is 0 Å². The number of fused-ring (bicyclic) bond motifs is 27. The minimum absolute atomic E-state index is 0.876. The average Bonchev–Trinajstić information content (AvgIpc) is 1.58. The summed E-state index contributed by atoms with van der Waals surface area (Å²) in [6.45, 7) is 0. The molecule has 7 nitrogen and oxygen atoms in total. The van der Waals surface area contributed by atoms with Gasteiger partial charge in [-0.25, -0.2) is 4.98 Å². The van der Waals surface area contributed by atoms with Crippen molar-refractivity contribution in [2.24, 2.45) is 0 Å². The molecule has 135 heavy (non-hydrogen) atoms. The second-order valence-corrected chi connectivity index (χ2v) is 39.1. The summed E-state index contributed by atoms with van der Waals surface area (Å²) in [6, 6.07) is 166. The van der Waals surface area contributed by atoms with Gasteiger partial charge < -0.3 is 22.8 Å². The van der Waals surface area contributed by atoms with Gasteiger partial charge in [0.1, 0.15) is 0 Å². The molecule has 0 bridgehead atoms. The summed E-state index contributed by atoms with van der Waals surface area (Å²) in [5.41, 5.74) is 30.4. The van der Waals surface area contributed by atoms with Gasteiger partial charge in [0, 0.05) is 144 Å². The van der Waals surface area contributed by atoms with Crippen molar-refractivity contribution in [2.45, 2.75) is 0 Å². The van der Waals surface area contributed by atoms with Gasteiger partial charge in [0.2, 0.25) is 0 Å². The maximum Gasteiger partial charge on any atom is 0.156 e. The van der Waals surface area contributed by atoms with Crippen LogP contribution in [0.4, 0.5) is 0 Å². The number of para-hydroxylation sites is 8. The van der Waals surface area contributed by atoms with E-state index in [0.29, 0.717) is 0 Å². The molecule has 30 rings (SSSR count). The summed E-state index contributed by atoms with van der Waals surface area (Å²) < 4.78 is 22.3. The minimum Gasteiger partial charge on any atom is -0.309 e. The molecule has 626 valence electrons. The molecule has 30 aromatic rings. The largest absolute Gasteiger partial charge is 0.309 e. The predicted molar refractivity (Wildman–Crippen MR) is 576 cm³/mol. The summed E-state index contributed by atoms with van der Waals surface area (Å²) in [5, 5.41) is 21.9. The molecular weight excluding hydrogens is 1700 g/mol. The zero-order valence-corrected chi connectivity index (χ0v) is 75.0. The maximum atomic E-state index is 6.12. The molecule has 20 aromatic carbocycles. The van der Waals surface area contributed by atoms with E-state index < -0.39 is 0 Å². The lowest BCUT2D eigenvalue weighted by Gasteiger charge is -2.16. The molecule has 0 amide bonds. The second-order valence-electron chi connectivity index (χ2n) is 36.0. The standard InChI is InChI=1S/C125H73N7S3/c1-2-27-82(28-3-1)127-113-59-53-75(76-54-60-115-100(67-76)92-34-10-17-45-110(92)131(115)116-48-24-40-99-97-37-12-21-50-120(97)134-123(99)116)68-101(113)95-58-52-78(70-118(95)127)77-51-57-94-91-33-6-15-43-108(91)129(117(94)69-77)83-55-61-114-102(71-83)93-35-9-16-44-109(93)130(114)85-65-80(74-25-22-26-79(63-74)86-38-23-39-98-96-36-11-20-49-119(96)133-122(86)98)64-81(66-85)105-73-104-103-72-84(128-106-41-13-4-29-87(106)88-30-5-14-42-107(88)128)56-62-121(103)135-124(104)125(126-105)132-111-46-18-7-31-89(111)90-32-8-19-47-112(90)132/h1-73H. The number of hydrogen-bond donors (Lipinski definition) is 0. The Bertz CT molecular complexity index is 10300. The van der Waals surface area contributed by atoms with Gasteiger partial charge in [0.25, 0.3) is 0 Å². The molecule has 10 heteroatoms. The summed E-state index contributed by atoms with van der Waals surface area (Å²) >= 11 is 5.58. The highest BCUT2D eigenvalue weighted by Crippen LogP contribution is 2.51. The van der Waals surface area contributed by atoms with E-state index in [4.69, 9.17) is 4.98 Å². The summed E-state index contributed by atoms with van der Waals surface area (Å²) in [5.74, 6) is 0.901. The predicted octanol–water partition coefficient (Wildman–Crippen LogP) is 35.1. The van der Waals surface area contributed by atoms with Crippen molar-refractivity contribution >= 4 is 225 Å². The fourth-order valence-corrected chi connectivity index (χ4v) is 26.4. The Morgan fingerprint density at radius 1 is 0.156 bits per heavy atom. The summed E-state index contributed by atoms with van der Waals surface area (Å²) in [6.07, 6.45) is 0. The number of pyridine rings is 1. The van der Waals surface area contributed by atoms with Gasteiger partial charge in [-0.15, -0.1) is 34.0 Å². The van der Waals surface area contributed by atoms with E-state index in [2.05, 4.69) is 470 Å². The molecule has 0 atom stereocenters. The third kappa shape index (κ3) is 11.1. The smallest absolute Gasteiger partial charge is 0.156 e. The van der Waals surface area contributed by atoms with Crippen LogP contribution in [0.5, 0.6) is 0 Å². The van der Waals surface area contributed by atoms with Gasteiger partial charge in [0.15, 0.2) is 5.82 Å². The van der Waals surface area contributed by atoms with Crippen LogP contribution in [0.1, 0.15) is 0 Å². The van der Waals surface area contributed by atoms with Gasteiger partial charge >= 0.3 is 0 Å². The van der Waals surface area contributed by atoms with Gasteiger partial charge in [-0.05, 0) is 220 Å². The Kier molecular flexibility index (Phi) is 15.9. The molecule has 0 saturated carbocycles. The fourth-order valence-electron chi connectivity index (χ4n) is 22.8. The molecule has 0 aliphatic heterocycles. The van der Waals surface area contributed by atoms with E-state index in [1.165, 1.54) is 154 Å². The van der Waals surface area contributed by atoms with Crippen LogP contribution >= 0.6 is 34.0 Å². The van der Waals surface area contributed by atoms with Gasteiger partial charge in [-0.2, -0.15) is 0 Å². The van der Waals surface area contributed by atoms with Crippen LogP contribution in [0.2, 0.25) is 0 Å². The van der Waals surface area contributed by atoms with Crippen LogP contribution in [-0.2, 0) is 0 Å². The van der Waals surface area contributed by atoms with E-state index in [-0.39, 0.29) is 0 Å². The fraction of sp³-hybridized carbons (Fsp3) is 0. The monoisotopic (exact) mass is 1770 g/mol. The van der Waals surface area contributed by atoms with Crippen LogP contribution < -0.4 is 0 Å². The third-order valence-corrected chi connectivity index (χ3v) is 32.4. The molecule has 0 aliphatic rings. The first kappa shape index (κ1) is 74.8. The minimum atomic E-state index is 0.876. The van der Waals surface area contributed by atoms with Crippen molar-refractivity contribution in [1.82, 2.24) is 32.4 Å². The lowest BCUT2D eigenvalue weighted by molar-refractivity contribution is 1.11. The molecule has 0 aliphatic carbocycles. The van der Waals surface area contributed by atoms with E-state index in [1.54, 1.807) is 0 Å². The zero-order valence-electron chi connectivity index (χ0n) is 72.5. The Morgan fingerprint density at radius 2 is 0.519 bits per heavy atom. The number of benzene rings is 20. The Labute approximate surface area is 784 Å². The van der Waals surface area contributed by atoms with Crippen LogP contribution in [0, 0.1) is 0 Å². The maximum absolute atomic E-state index is 6.12. The number of aromatic nitrogens is 7. The number of rotatable bonds is 11. The highest BCUT2D eigenvalue weighted by Gasteiger charge is 2.27. The van der Waals surface area contributed by atoms with Gasteiger partial charge in [-0.1, -0.05) is 267 Å². The van der Waals surface area contributed by atoms with Crippen molar-refractivity contribution in [1.29, 1.82) is 0 Å². The lowest BCUT2D eigenvalue weighted by Crippen LogP contribution is -2.01. The number of hydrogen-bond acceptors (Lipinski definition) is 4. The average molecular weight is 1770 g/mol. The molecule has 0 N–H and O–H groups in total. The van der Waals surface area contributed by atoms with Gasteiger partial charge in [0.05, 0.1) is 87.0 Å². The van der Waals surface area contributed by atoms with Gasteiger partial charge in [-0.3, -0.25) is 4.57 Å². The molecular formula is C125H73N7S3. The summed E-state index contributed by atoms with van der Waals surface area (Å²) in [4.78, 5) is 6.12. The number of nitrogens with zero attached hydrogens (tertiary/aromatic N) is 7. The van der Waals surface area contributed by atoms with E-state index in [9.17, 15) is 0 Å². The Hall–Kier alpha value is -17.0. The van der Waals surface area contributed by atoms with Crippen molar-refractivity contribution in [2.75, 3.05) is 0 Å². The first-order chi connectivity index (χ1) is 66.9. The molecule has 0 radical (unpaired) electrons. The van der Waals surface area contributed by atoms with Crippen molar-refractivity contribution < 1.29 is 0 Å². The van der Waals surface area contributed by atoms with Crippen LogP contribution in [-0.4, -0.2) is 32.4 Å². The van der Waals surface area contributed by atoms with E-state index in [1.807, 2.05) is 34.0 Å². The molecule has 0 fully saturated rings. The molecule has 0 unspecified atom stereocenters. The van der Waals surface area contributed by atoms with E-state index in [0.717, 1.165) is 127 Å². The molecule has 10 heterocycles. The molecule has 0 saturated heterocycles. The normalized spacial score (nSPS) is 12.3. The highest BCUT2D eigenvalue weighted by molar-refractivity contribution is 7.27. The van der Waals surface area contributed by atoms with Crippen LogP contribution in [0.3, 0.4) is 0 Å². The lowest BCUT2D eigenvalue weighted by atomic mass is 9.95. The first-order valence-electron chi connectivity index (χ1n) is 46.1. The van der Waals surface area contributed by atoms with E-state index >= 15 is 0 Å². The SMILES string of the molecule is c1ccc(-n2c3ccc(-c4ccc5c(c4)c4ccccc4n5-c4cccc5c4sc4ccccc45)cc3c3ccc(-c4ccc5c6ccccc6n(-c6ccc7c(c6)c6ccccc6n7-c6cc(-c7cccc(-c8cccc9c8sc8ccccc89)c7)cc(-c7cc8c(sc9ccc(-n%10c%11ccccc%11c%11ccccc%11%10)cc98)c(-n8c9ccccc9c9ccccc98)n7)c6)c5c4)cc32)cc1. The molecule has 0 spiro atoms. The van der Waals surface area contributed by atoms with Crippen molar-refractivity contribution in [3.05, 3.63) is 443 Å². The van der Waals surface area contributed by atoms with Crippen LogP contribution in [0.25, 0.3) is 281 Å². The topological polar surface area (TPSA) is 42.5 Å². The quantitative estimate of drug-likeness (QED) is 0.127. The summed E-state index contributed by atoms with van der Waals surface area (Å²) in [7, 11) is 0. The van der Waals surface area contributed by atoms with Crippen LogP contribution in [0.15, 0.2) is 443 Å². The Morgan fingerprint density at radius 3 is 1.11 bits per heavy atom. The third-order valence-electron chi connectivity index (χ3n) is 28.8. The first-order valence-corrected chi connectivity index (χ1v) is 48.6. The molecule has 10 aromatic heterocycles.